The number of rotatable bonds is 3. The topological polar surface area (TPSA) is 59.1 Å². The molecule has 1 saturated carbocycles. The molecule has 0 aromatic carbocycles. The van der Waals surface area contributed by atoms with Crippen molar-refractivity contribution < 1.29 is 8.42 Å². The lowest BCUT2D eigenvalue weighted by molar-refractivity contribution is 0.310. The van der Waals surface area contributed by atoms with Crippen LogP contribution < -0.4 is 4.72 Å². The normalized spacial score (nSPS) is 25.3. The molecule has 0 saturated heterocycles. The number of aromatic nitrogens is 1. The Morgan fingerprint density at radius 3 is 2.61 bits per heavy atom. The highest BCUT2D eigenvalue weighted by atomic mass is 35.5. The lowest BCUT2D eigenvalue weighted by Gasteiger charge is -2.28. The molecule has 102 valence electrons. The Bertz CT molecular complexity index is 527. The molecule has 0 bridgehead atoms. The Morgan fingerprint density at radius 2 is 2.06 bits per heavy atom. The molecule has 1 aliphatic carbocycles. The molecule has 7 heteroatoms. The average molecular weight is 309 g/mol. The first-order valence-electron chi connectivity index (χ1n) is 6.05. The van der Waals surface area contributed by atoms with Crippen LogP contribution in [-0.4, -0.2) is 19.4 Å². The fourth-order valence-corrected chi connectivity index (χ4v) is 5.48. The molecule has 1 aliphatic rings. The van der Waals surface area contributed by atoms with Gasteiger partial charge in [0, 0.05) is 6.04 Å². The van der Waals surface area contributed by atoms with E-state index >= 15 is 0 Å². The third kappa shape index (κ3) is 3.04. The van der Waals surface area contributed by atoms with Gasteiger partial charge in [-0.2, -0.15) is 0 Å². The Labute approximate surface area is 117 Å². The molecular formula is C11H17ClN2O2S2. The zero-order valence-corrected chi connectivity index (χ0v) is 12.8. The number of nitrogens with zero attached hydrogens (tertiary/aromatic N) is 1. The van der Waals surface area contributed by atoms with Crippen LogP contribution in [0.3, 0.4) is 0 Å². The lowest BCUT2D eigenvalue weighted by atomic mass is 9.87. The van der Waals surface area contributed by atoms with E-state index in [1.807, 2.05) is 0 Å². The van der Waals surface area contributed by atoms with E-state index in [0.29, 0.717) is 11.6 Å². The van der Waals surface area contributed by atoms with E-state index in [1.165, 1.54) is 6.42 Å². The number of hydrogen-bond acceptors (Lipinski definition) is 4. The van der Waals surface area contributed by atoms with Gasteiger partial charge < -0.3 is 0 Å². The molecular weight excluding hydrogens is 292 g/mol. The van der Waals surface area contributed by atoms with Crippen LogP contribution in [0.15, 0.2) is 4.21 Å². The summed E-state index contributed by atoms with van der Waals surface area (Å²) in [5.74, 6) is 0.386. The fraction of sp³-hybridized carbons (Fsp3) is 0.727. The van der Waals surface area contributed by atoms with E-state index in [2.05, 4.69) is 16.6 Å². The van der Waals surface area contributed by atoms with Gasteiger partial charge in [0.15, 0.2) is 8.68 Å². The maximum Gasteiger partial charge on any atom is 0.252 e. The summed E-state index contributed by atoms with van der Waals surface area (Å²) in [7, 11) is -3.48. The molecule has 0 radical (unpaired) electrons. The predicted octanol–water partition coefficient (Wildman–Crippen LogP) is 2.96. The van der Waals surface area contributed by atoms with Crippen molar-refractivity contribution in [1.82, 2.24) is 9.71 Å². The first kappa shape index (κ1) is 14.2. The summed E-state index contributed by atoms with van der Waals surface area (Å²) in [4.78, 5) is 3.95. The van der Waals surface area contributed by atoms with Gasteiger partial charge in [0.1, 0.15) is 0 Å². The summed E-state index contributed by atoms with van der Waals surface area (Å²) < 4.78 is 27.9. The van der Waals surface area contributed by atoms with Crippen molar-refractivity contribution in [2.45, 2.75) is 49.8 Å². The van der Waals surface area contributed by atoms with Gasteiger partial charge in [0.05, 0.1) is 5.69 Å². The summed E-state index contributed by atoms with van der Waals surface area (Å²) >= 11 is 6.77. The van der Waals surface area contributed by atoms with Crippen molar-refractivity contribution in [1.29, 1.82) is 0 Å². The van der Waals surface area contributed by atoms with Crippen molar-refractivity contribution >= 4 is 33.0 Å². The van der Waals surface area contributed by atoms with Gasteiger partial charge in [-0.25, -0.2) is 18.1 Å². The molecule has 2 unspecified atom stereocenters. The zero-order chi connectivity index (χ0) is 13.3. The predicted molar refractivity (Wildman–Crippen MR) is 73.6 cm³/mol. The SMILES string of the molecule is Cc1nc(Cl)sc1S(=O)(=O)NC1CCCCC1C. The molecule has 0 spiro atoms. The van der Waals surface area contributed by atoms with Gasteiger partial charge in [-0.3, -0.25) is 0 Å². The largest absolute Gasteiger partial charge is 0.252 e. The Morgan fingerprint density at radius 1 is 1.39 bits per heavy atom. The Balaban J connectivity index is 2.19. The highest BCUT2D eigenvalue weighted by Crippen LogP contribution is 2.29. The molecule has 4 nitrogen and oxygen atoms in total. The standard InChI is InChI=1S/C11H17ClN2O2S2/c1-7-5-3-4-6-9(7)14-18(15,16)10-8(2)13-11(12)17-10/h7,9,14H,3-6H2,1-2H3. The van der Waals surface area contributed by atoms with Crippen LogP contribution in [0.1, 0.15) is 38.3 Å². The first-order chi connectivity index (χ1) is 8.40. The smallest absolute Gasteiger partial charge is 0.229 e. The van der Waals surface area contributed by atoms with Gasteiger partial charge in [0.25, 0.3) is 10.0 Å². The fourth-order valence-electron chi connectivity index (χ4n) is 2.34. The highest BCUT2D eigenvalue weighted by Gasteiger charge is 2.29. The number of thiazole rings is 1. The minimum Gasteiger partial charge on any atom is -0.229 e. The van der Waals surface area contributed by atoms with E-state index in [1.54, 1.807) is 6.92 Å². The van der Waals surface area contributed by atoms with Crippen molar-refractivity contribution in [3.8, 4) is 0 Å². The molecule has 18 heavy (non-hydrogen) atoms. The van der Waals surface area contributed by atoms with Crippen LogP contribution in [-0.2, 0) is 10.0 Å². The molecule has 1 fully saturated rings. The summed E-state index contributed by atoms with van der Waals surface area (Å²) in [6.45, 7) is 3.76. The molecule has 1 heterocycles. The van der Waals surface area contributed by atoms with E-state index in [0.717, 1.165) is 30.6 Å². The minimum absolute atomic E-state index is 0.0315. The van der Waals surface area contributed by atoms with Gasteiger partial charge in [0.2, 0.25) is 0 Å². The van der Waals surface area contributed by atoms with Crippen LogP contribution in [0.25, 0.3) is 0 Å². The van der Waals surface area contributed by atoms with Gasteiger partial charge in [-0.1, -0.05) is 42.7 Å². The first-order valence-corrected chi connectivity index (χ1v) is 8.73. The molecule has 1 aromatic heterocycles. The second-order valence-electron chi connectivity index (χ2n) is 4.83. The van der Waals surface area contributed by atoms with Gasteiger partial charge in [-0.05, 0) is 25.7 Å². The van der Waals surface area contributed by atoms with E-state index in [-0.39, 0.29) is 14.7 Å². The van der Waals surface area contributed by atoms with Crippen LogP contribution in [0.2, 0.25) is 4.47 Å². The van der Waals surface area contributed by atoms with Crippen molar-refractivity contribution in [3.05, 3.63) is 10.2 Å². The van der Waals surface area contributed by atoms with Crippen LogP contribution in [0, 0.1) is 12.8 Å². The van der Waals surface area contributed by atoms with Crippen molar-refractivity contribution in [2.75, 3.05) is 0 Å². The molecule has 1 aromatic rings. The Kier molecular flexibility index (Phi) is 4.31. The number of sulfonamides is 1. The highest BCUT2D eigenvalue weighted by molar-refractivity contribution is 7.91. The summed E-state index contributed by atoms with van der Waals surface area (Å²) in [5, 5.41) is 0. The zero-order valence-electron chi connectivity index (χ0n) is 10.4. The maximum absolute atomic E-state index is 12.3. The molecule has 0 amide bonds. The quantitative estimate of drug-likeness (QED) is 0.934. The van der Waals surface area contributed by atoms with E-state index < -0.39 is 10.0 Å². The van der Waals surface area contributed by atoms with Crippen LogP contribution >= 0.6 is 22.9 Å². The molecule has 1 N–H and O–H groups in total. The third-order valence-corrected chi connectivity index (χ3v) is 6.75. The monoisotopic (exact) mass is 308 g/mol. The second kappa shape index (κ2) is 5.45. The molecule has 0 aliphatic heterocycles. The Hall–Kier alpha value is -0.170. The average Bonchev–Trinajstić information content (AvgIpc) is 2.62. The minimum atomic E-state index is -3.48. The van der Waals surface area contributed by atoms with Crippen LogP contribution in [0.5, 0.6) is 0 Å². The molecule has 2 rings (SSSR count). The summed E-state index contributed by atoms with van der Waals surface area (Å²) in [6.07, 6.45) is 4.26. The van der Waals surface area contributed by atoms with Crippen LogP contribution in [0.4, 0.5) is 0 Å². The summed E-state index contributed by atoms with van der Waals surface area (Å²) in [6, 6.07) is 0.0315. The van der Waals surface area contributed by atoms with Gasteiger partial charge >= 0.3 is 0 Å². The maximum atomic E-state index is 12.3. The number of hydrogen-bond donors (Lipinski definition) is 1. The lowest BCUT2D eigenvalue weighted by Crippen LogP contribution is -2.40. The van der Waals surface area contributed by atoms with Crippen molar-refractivity contribution in [3.63, 3.8) is 0 Å². The number of halogens is 1. The number of nitrogens with one attached hydrogen (secondary N) is 1. The number of aryl methyl sites for hydroxylation is 1. The summed E-state index contributed by atoms with van der Waals surface area (Å²) in [5.41, 5.74) is 0.473. The molecule has 2 atom stereocenters. The van der Waals surface area contributed by atoms with E-state index in [4.69, 9.17) is 11.6 Å². The third-order valence-electron chi connectivity index (χ3n) is 3.39. The second-order valence-corrected chi connectivity index (χ2v) is 8.32. The van der Waals surface area contributed by atoms with E-state index in [9.17, 15) is 8.42 Å². The van der Waals surface area contributed by atoms with Gasteiger partial charge in [-0.15, -0.1) is 0 Å². The van der Waals surface area contributed by atoms with Crippen molar-refractivity contribution in [2.24, 2.45) is 5.92 Å².